The number of carbonyl (C=O) groups excluding carboxylic acids is 1. The summed E-state index contributed by atoms with van der Waals surface area (Å²) in [5.41, 5.74) is 2.28. The zero-order chi connectivity index (χ0) is 18.4. The van der Waals surface area contributed by atoms with E-state index in [1.165, 1.54) is 5.56 Å². The third-order valence-electron chi connectivity index (χ3n) is 5.15. The van der Waals surface area contributed by atoms with Crippen molar-refractivity contribution in [1.29, 1.82) is 0 Å². The summed E-state index contributed by atoms with van der Waals surface area (Å²) in [7, 11) is 3.42. The lowest BCUT2D eigenvalue weighted by atomic mass is 9.88. The fourth-order valence-corrected chi connectivity index (χ4v) is 3.73. The van der Waals surface area contributed by atoms with Gasteiger partial charge in [0, 0.05) is 26.1 Å². The Balaban J connectivity index is 1.65. The van der Waals surface area contributed by atoms with Crippen LogP contribution in [0.2, 0.25) is 0 Å². The lowest BCUT2D eigenvalue weighted by Crippen LogP contribution is -2.47. The van der Waals surface area contributed by atoms with Gasteiger partial charge in [-0.05, 0) is 36.1 Å². The maximum Gasteiger partial charge on any atom is 0.227 e. The van der Waals surface area contributed by atoms with Crippen LogP contribution < -0.4 is 4.74 Å². The first kappa shape index (κ1) is 18.5. The summed E-state index contributed by atoms with van der Waals surface area (Å²) in [5, 5.41) is 0. The van der Waals surface area contributed by atoms with Gasteiger partial charge in [0.1, 0.15) is 5.75 Å². The minimum Gasteiger partial charge on any atom is -0.497 e. The van der Waals surface area contributed by atoms with E-state index in [0.717, 1.165) is 37.2 Å². The summed E-state index contributed by atoms with van der Waals surface area (Å²) in [5.74, 6) is 1.28. The average molecular weight is 353 g/mol. The summed E-state index contributed by atoms with van der Waals surface area (Å²) in [4.78, 5) is 14.8. The summed E-state index contributed by atoms with van der Waals surface area (Å²) >= 11 is 0. The number of methoxy groups -OCH3 is 2. The molecule has 26 heavy (non-hydrogen) atoms. The molecule has 1 aliphatic rings. The van der Waals surface area contributed by atoms with E-state index in [-0.39, 0.29) is 12.0 Å². The fourth-order valence-electron chi connectivity index (χ4n) is 3.73. The predicted octanol–water partition coefficient (Wildman–Crippen LogP) is 3.34. The molecule has 138 valence electrons. The molecule has 1 heterocycles. The second-order valence-electron chi connectivity index (χ2n) is 6.88. The van der Waals surface area contributed by atoms with Crippen LogP contribution in [0.5, 0.6) is 5.75 Å². The fraction of sp³-hybridized carbons (Fsp3) is 0.409. The number of ether oxygens (including phenoxy) is 2. The molecule has 2 atom stereocenters. The maximum atomic E-state index is 12.8. The van der Waals surface area contributed by atoms with Gasteiger partial charge in [-0.15, -0.1) is 0 Å². The minimum absolute atomic E-state index is 0.172. The molecule has 0 spiro atoms. The van der Waals surface area contributed by atoms with Crippen molar-refractivity contribution in [3.05, 3.63) is 65.7 Å². The topological polar surface area (TPSA) is 38.8 Å². The molecule has 0 aromatic heterocycles. The van der Waals surface area contributed by atoms with Gasteiger partial charge in [-0.2, -0.15) is 0 Å². The molecule has 0 N–H and O–H groups in total. The molecule has 1 fully saturated rings. The molecule has 1 aliphatic heterocycles. The number of hydrogen-bond donors (Lipinski definition) is 0. The molecule has 3 rings (SSSR count). The Hall–Kier alpha value is -2.33. The van der Waals surface area contributed by atoms with Crippen LogP contribution in [0.15, 0.2) is 54.6 Å². The zero-order valence-electron chi connectivity index (χ0n) is 15.6. The van der Waals surface area contributed by atoms with Crippen molar-refractivity contribution in [2.24, 2.45) is 5.92 Å². The summed E-state index contributed by atoms with van der Waals surface area (Å²) < 4.78 is 11.0. The van der Waals surface area contributed by atoms with E-state index in [9.17, 15) is 4.79 Å². The number of carbonyl (C=O) groups is 1. The van der Waals surface area contributed by atoms with Crippen molar-refractivity contribution in [2.45, 2.75) is 25.4 Å². The second-order valence-corrected chi connectivity index (χ2v) is 6.88. The van der Waals surface area contributed by atoms with Gasteiger partial charge < -0.3 is 14.4 Å². The van der Waals surface area contributed by atoms with Crippen LogP contribution in [0.1, 0.15) is 17.5 Å². The highest BCUT2D eigenvalue weighted by molar-refractivity contribution is 5.79. The normalized spacial score (nSPS) is 20.0. The largest absolute Gasteiger partial charge is 0.497 e. The van der Waals surface area contributed by atoms with Crippen molar-refractivity contribution in [2.75, 3.05) is 27.3 Å². The monoisotopic (exact) mass is 353 g/mol. The standard InChI is InChI=1S/C22H27NO3/c1-25-20-10-6-9-18(14-20)15-22(24)23-12-11-21(26-2)19(16-23)13-17-7-4-3-5-8-17/h3-10,14,19,21H,11-13,15-16H2,1-2H3/t19-,21-/m0/s1. The zero-order valence-corrected chi connectivity index (χ0v) is 15.6. The summed E-state index contributed by atoms with van der Waals surface area (Å²) in [6.45, 7) is 1.50. The number of likely N-dealkylation sites (tertiary alicyclic amines) is 1. The van der Waals surface area contributed by atoms with Gasteiger partial charge in [-0.3, -0.25) is 4.79 Å². The molecule has 0 radical (unpaired) electrons. The van der Waals surface area contributed by atoms with E-state index < -0.39 is 0 Å². The number of rotatable bonds is 6. The highest BCUT2D eigenvalue weighted by Gasteiger charge is 2.31. The Labute approximate surface area is 155 Å². The molecular formula is C22H27NO3. The van der Waals surface area contributed by atoms with Gasteiger partial charge in [0.05, 0.1) is 19.6 Å². The molecule has 0 unspecified atom stereocenters. The maximum absolute atomic E-state index is 12.8. The van der Waals surface area contributed by atoms with Crippen molar-refractivity contribution in [3.63, 3.8) is 0 Å². The first-order chi connectivity index (χ1) is 12.7. The molecule has 1 saturated heterocycles. The molecule has 0 saturated carbocycles. The number of piperidine rings is 1. The van der Waals surface area contributed by atoms with Crippen molar-refractivity contribution in [1.82, 2.24) is 4.90 Å². The van der Waals surface area contributed by atoms with Crippen LogP contribution in [0.4, 0.5) is 0 Å². The molecule has 4 nitrogen and oxygen atoms in total. The third kappa shape index (κ3) is 4.64. The Morgan fingerprint density at radius 1 is 1.08 bits per heavy atom. The first-order valence-corrected chi connectivity index (χ1v) is 9.17. The van der Waals surface area contributed by atoms with E-state index >= 15 is 0 Å². The lowest BCUT2D eigenvalue weighted by molar-refractivity contribution is -0.134. The predicted molar refractivity (Wildman–Crippen MR) is 102 cm³/mol. The first-order valence-electron chi connectivity index (χ1n) is 9.17. The van der Waals surface area contributed by atoms with Gasteiger partial charge in [0.2, 0.25) is 5.91 Å². The number of nitrogens with zero attached hydrogens (tertiary/aromatic N) is 1. The van der Waals surface area contributed by atoms with E-state index in [1.54, 1.807) is 14.2 Å². The van der Waals surface area contributed by atoms with Gasteiger partial charge in [0.15, 0.2) is 0 Å². The van der Waals surface area contributed by atoms with E-state index in [2.05, 4.69) is 24.3 Å². The molecule has 0 aliphatic carbocycles. The quantitative estimate of drug-likeness (QED) is 0.799. The highest BCUT2D eigenvalue weighted by atomic mass is 16.5. The molecule has 4 heteroatoms. The number of hydrogen-bond acceptors (Lipinski definition) is 3. The smallest absolute Gasteiger partial charge is 0.227 e. The second kappa shape index (κ2) is 8.86. The van der Waals surface area contributed by atoms with Crippen LogP contribution >= 0.6 is 0 Å². The third-order valence-corrected chi connectivity index (χ3v) is 5.15. The van der Waals surface area contributed by atoms with E-state index in [4.69, 9.17) is 9.47 Å². The number of amides is 1. The molecule has 2 aromatic carbocycles. The molecular weight excluding hydrogens is 326 g/mol. The van der Waals surface area contributed by atoms with Crippen LogP contribution in [0.25, 0.3) is 0 Å². The Morgan fingerprint density at radius 3 is 2.58 bits per heavy atom. The number of benzene rings is 2. The Kier molecular flexibility index (Phi) is 6.29. The van der Waals surface area contributed by atoms with E-state index in [1.807, 2.05) is 35.2 Å². The molecule has 0 bridgehead atoms. The van der Waals surface area contributed by atoms with Crippen molar-refractivity contribution >= 4 is 5.91 Å². The highest BCUT2D eigenvalue weighted by Crippen LogP contribution is 2.24. The van der Waals surface area contributed by atoms with Crippen LogP contribution in [-0.4, -0.2) is 44.2 Å². The van der Waals surface area contributed by atoms with Crippen LogP contribution in [-0.2, 0) is 22.4 Å². The van der Waals surface area contributed by atoms with Crippen LogP contribution in [0.3, 0.4) is 0 Å². The van der Waals surface area contributed by atoms with Gasteiger partial charge >= 0.3 is 0 Å². The minimum atomic E-state index is 0.172. The van der Waals surface area contributed by atoms with Gasteiger partial charge in [-0.1, -0.05) is 42.5 Å². The van der Waals surface area contributed by atoms with Crippen molar-refractivity contribution in [3.8, 4) is 5.75 Å². The Bertz CT molecular complexity index is 716. The lowest BCUT2D eigenvalue weighted by Gasteiger charge is -2.38. The summed E-state index contributed by atoms with van der Waals surface area (Å²) in [6.07, 6.45) is 2.43. The van der Waals surface area contributed by atoms with Gasteiger partial charge in [0.25, 0.3) is 0 Å². The van der Waals surface area contributed by atoms with Crippen LogP contribution in [0, 0.1) is 5.92 Å². The molecule has 2 aromatic rings. The SMILES string of the molecule is COc1cccc(CC(=O)N2CC[C@H](OC)[C@@H](Cc3ccccc3)C2)c1. The Morgan fingerprint density at radius 2 is 1.85 bits per heavy atom. The van der Waals surface area contributed by atoms with Crippen molar-refractivity contribution < 1.29 is 14.3 Å². The summed E-state index contributed by atoms with van der Waals surface area (Å²) in [6, 6.07) is 18.2. The van der Waals surface area contributed by atoms with E-state index in [0.29, 0.717) is 12.3 Å². The molecule has 1 amide bonds. The van der Waals surface area contributed by atoms with Gasteiger partial charge in [-0.25, -0.2) is 0 Å². The average Bonchev–Trinajstić information content (AvgIpc) is 2.69.